The van der Waals surface area contributed by atoms with Gasteiger partial charge in [-0.25, -0.2) is 0 Å². The number of nitrogens with zero attached hydrogens (tertiary/aromatic N) is 2. The Morgan fingerprint density at radius 3 is 1.74 bits per heavy atom. The van der Waals surface area contributed by atoms with Gasteiger partial charge in [-0.3, -0.25) is 0 Å². The number of para-hydroxylation sites is 2. The summed E-state index contributed by atoms with van der Waals surface area (Å²) >= 11 is 0. The number of nitriles is 1. The Morgan fingerprint density at radius 2 is 1.09 bits per heavy atom. The average Bonchev–Trinajstić information content (AvgIpc) is 2.94. The fourth-order valence-corrected chi connectivity index (χ4v) is 4.86. The third-order valence-electron chi connectivity index (χ3n) is 6.47. The Balaban J connectivity index is 1.56. The van der Waals surface area contributed by atoms with Crippen LogP contribution in [0.25, 0.3) is 32.7 Å². The molecule has 0 aromatic heterocycles. The van der Waals surface area contributed by atoms with Crippen LogP contribution in [0.5, 0.6) is 0 Å². The van der Waals surface area contributed by atoms with Crippen LogP contribution >= 0.6 is 0 Å². The Morgan fingerprint density at radius 1 is 0.514 bits per heavy atom. The molecule has 0 spiro atoms. The fourth-order valence-electron chi connectivity index (χ4n) is 4.86. The van der Waals surface area contributed by atoms with E-state index in [0.29, 0.717) is 5.56 Å². The molecule has 35 heavy (non-hydrogen) atoms. The van der Waals surface area contributed by atoms with Crippen LogP contribution < -0.4 is 4.90 Å². The van der Waals surface area contributed by atoms with E-state index in [1.807, 2.05) is 42.5 Å². The molecule has 0 saturated heterocycles. The topological polar surface area (TPSA) is 27.0 Å². The van der Waals surface area contributed by atoms with Crippen LogP contribution in [-0.4, -0.2) is 0 Å². The lowest BCUT2D eigenvalue weighted by Crippen LogP contribution is -2.11. The third-order valence-corrected chi connectivity index (χ3v) is 6.47. The minimum absolute atomic E-state index is 0.632. The molecule has 0 aliphatic heterocycles. The fraction of sp³-hybridized carbons (Fsp3) is 0. The van der Waals surface area contributed by atoms with Crippen molar-refractivity contribution in [1.82, 2.24) is 0 Å². The Bertz CT molecular complexity index is 1660. The van der Waals surface area contributed by atoms with Crippen molar-refractivity contribution in [3.63, 3.8) is 0 Å². The van der Waals surface area contributed by atoms with Crippen molar-refractivity contribution in [2.24, 2.45) is 0 Å². The predicted octanol–water partition coefficient (Wildman–Crippen LogP) is 9.00. The van der Waals surface area contributed by atoms with E-state index in [4.69, 9.17) is 0 Å². The molecule has 0 N–H and O–H groups in total. The Hall–Kier alpha value is -4.87. The Labute approximate surface area is 204 Å². The van der Waals surface area contributed by atoms with Crippen LogP contribution in [0.2, 0.25) is 0 Å². The van der Waals surface area contributed by atoms with Crippen molar-refractivity contribution >= 4 is 38.6 Å². The van der Waals surface area contributed by atoms with Gasteiger partial charge in [0.25, 0.3) is 0 Å². The summed E-state index contributed by atoms with van der Waals surface area (Å²) in [4.78, 5) is 2.14. The summed E-state index contributed by atoms with van der Waals surface area (Å²) in [6, 6.07) is 48.3. The quantitative estimate of drug-likeness (QED) is 0.253. The lowest BCUT2D eigenvalue weighted by atomic mass is 9.92. The second-order valence-electron chi connectivity index (χ2n) is 8.54. The molecule has 0 radical (unpaired) electrons. The molecule has 0 atom stereocenters. The van der Waals surface area contributed by atoms with Crippen LogP contribution in [0.3, 0.4) is 0 Å². The van der Waals surface area contributed by atoms with Crippen molar-refractivity contribution < 1.29 is 0 Å². The summed E-state index contributed by atoms with van der Waals surface area (Å²) in [5.74, 6) is 0. The molecule has 0 bridgehead atoms. The van der Waals surface area contributed by atoms with Gasteiger partial charge in [0, 0.05) is 11.4 Å². The SMILES string of the molecule is N#Cc1cc(-c2cc3ccccc3c3ccccc23)ccc1N(c1ccccc1)c1ccccc1. The van der Waals surface area contributed by atoms with Crippen LogP contribution in [0.4, 0.5) is 17.1 Å². The molecule has 6 aromatic rings. The summed E-state index contributed by atoms with van der Waals surface area (Å²) < 4.78 is 0. The summed E-state index contributed by atoms with van der Waals surface area (Å²) in [6.07, 6.45) is 0. The molecule has 164 valence electrons. The molecule has 0 unspecified atom stereocenters. The van der Waals surface area contributed by atoms with Gasteiger partial charge >= 0.3 is 0 Å². The molecular weight excluding hydrogens is 424 g/mol. The first-order valence-corrected chi connectivity index (χ1v) is 11.7. The highest BCUT2D eigenvalue weighted by atomic mass is 15.1. The van der Waals surface area contributed by atoms with Crippen LogP contribution in [0, 0.1) is 11.3 Å². The third kappa shape index (κ3) is 3.70. The molecule has 0 aliphatic carbocycles. The maximum absolute atomic E-state index is 10.2. The van der Waals surface area contributed by atoms with Gasteiger partial charge in [-0.15, -0.1) is 0 Å². The van der Waals surface area contributed by atoms with Gasteiger partial charge in [-0.2, -0.15) is 5.26 Å². The monoisotopic (exact) mass is 446 g/mol. The summed E-state index contributed by atoms with van der Waals surface area (Å²) in [7, 11) is 0. The van der Waals surface area contributed by atoms with E-state index in [9.17, 15) is 5.26 Å². The van der Waals surface area contributed by atoms with E-state index >= 15 is 0 Å². The van der Waals surface area contributed by atoms with E-state index in [0.717, 1.165) is 28.2 Å². The minimum Gasteiger partial charge on any atom is -0.309 e. The highest BCUT2D eigenvalue weighted by Crippen LogP contribution is 2.40. The van der Waals surface area contributed by atoms with Crippen LogP contribution in [0.15, 0.2) is 133 Å². The van der Waals surface area contributed by atoms with Crippen molar-refractivity contribution in [3.8, 4) is 17.2 Å². The second kappa shape index (κ2) is 8.82. The Kier molecular flexibility index (Phi) is 5.22. The van der Waals surface area contributed by atoms with Crippen molar-refractivity contribution in [1.29, 1.82) is 5.26 Å². The lowest BCUT2D eigenvalue weighted by Gasteiger charge is -2.26. The molecule has 6 rings (SSSR count). The smallest absolute Gasteiger partial charge is 0.101 e. The molecule has 2 nitrogen and oxygen atoms in total. The zero-order chi connectivity index (χ0) is 23.6. The minimum atomic E-state index is 0.632. The standard InChI is InChI=1S/C33H22N2/c34-23-26-21-25(32-22-24-11-7-8-16-29(24)30-17-9-10-18-31(30)32)19-20-33(26)35(27-12-3-1-4-13-27)28-14-5-2-6-15-28/h1-22H. The van der Waals surface area contributed by atoms with Gasteiger partial charge in [-0.05, 0) is 75.1 Å². The summed E-state index contributed by atoms with van der Waals surface area (Å²) in [5.41, 5.74) is 5.69. The number of hydrogen-bond acceptors (Lipinski definition) is 2. The largest absolute Gasteiger partial charge is 0.309 e. The van der Waals surface area contributed by atoms with Crippen molar-refractivity contribution in [3.05, 3.63) is 139 Å². The van der Waals surface area contributed by atoms with Gasteiger partial charge in [0.1, 0.15) is 6.07 Å². The number of rotatable bonds is 4. The van der Waals surface area contributed by atoms with E-state index in [1.54, 1.807) is 0 Å². The van der Waals surface area contributed by atoms with Gasteiger partial charge in [-0.1, -0.05) is 91.0 Å². The number of benzene rings is 6. The number of fused-ring (bicyclic) bond motifs is 3. The maximum atomic E-state index is 10.2. The van der Waals surface area contributed by atoms with Crippen molar-refractivity contribution in [2.75, 3.05) is 4.90 Å². The van der Waals surface area contributed by atoms with Gasteiger partial charge in [0.2, 0.25) is 0 Å². The molecule has 0 amide bonds. The first kappa shape index (κ1) is 20.7. The molecular formula is C33H22N2. The summed E-state index contributed by atoms with van der Waals surface area (Å²) in [6.45, 7) is 0. The van der Waals surface area contributed by atoms with E-state index in [2.05, 4.69) is 102 Å². The first-order chi connectivity index (χ1) is 17.3. The first-order valence-electron chi connectivity index (χ1n) is 11.7. The molecule has 0 saturated carbocycles. The van der Waals surface area contributed by atoms with Crippen molar-refractivity contribution in [2.45, 2.75) is 0 Å². The number of anilines is 3. The molecule has 2 heteroatoms. The molecule has 0 aliphatic rings. The predicted molar refractivity (Wildman–Crippen MR) is 146 cm³/mol. The van der Waals surface area contributed by atoms with Gasteiger partial charge in [0.15, 0.2) is 0 Å². The lowest BCUT2D eigenvalue weighted by molar-refractivity contribution is 1.27. The molecule has 0 fully saturated rings. The van der Waals surface area contributed by atoms with Gasteiger partial charge in [0.05, 0.1) is 11.3 Å². The highest BCUT2D eigenvalue weighted by molar-refractivity contribution is 6.13. The summed E-state index contributed by atoms with van der Waals surface area (Å²) in [5, 5.41) is 15.1. The van der Waals surface area contributed by atoms with E-state index in [1.165, 1.54) is 21.5 Å². The van der Waals surface area contributed by atoms with Crippen LogP contribution in [0.1, 0.15) is 5.56 Å². The highest BCUT2D eigenvalue weighted by Gasteiger charge is 2.17. The maximum Gasteiger partial charge on any atom is 0.101 e. The zero-order valence-corrected chi connectivity index (χ0v) is 19.1. The molecule has 0 heterocycles. The zero-order valence-electron chi connectivity index (χ0n) is 19.1. The van der Waals surface area contributed by atoms with E-state index in [-0.39, 0.29) is 0 Å². The molecule has 6 aromatic carbocycles. The second-order valence-corrected chi connectivity index (χ2v) is 8.54. The van der Waals surface area contributed by atoms with E-state index < -0.39 is 0 Å². The number of hydrogen-bond donors (Lipinski definition) is 0. The average molecular weight is 447 g/mol. The normalized spacial score (nSPS) is 10.8. The van der Waals surface area contributed by atoms with Crippen LogP contribution in [-0.2, 0) is 0 Å². The van der Waals surface area contributed by atoms with Gasteiger partial charge < -0.3 is 4.90 Å².